The normalized spacial score (nSPS) is 21.2. The van der Waals surface area contributed by atoms with Crippen molar-refractivity contribution in [2.45, 2.75) is 38.5 Å². The average Bonchev–Trinajstić information content (AvgIpc) is 3.02. The van der Waals surface area contributed by atoms with Crippen molar-refractivity contribution < 1.29 is 28.7 Å². The first-order valence-corrected chi connectivity index (χ1v) is 9.13. The van der Waals surface area contributed by atoms with E-state index < -0.39 is 31.7 Å². The number of hydrogen-bond donors (Lipinski definition) is 1. The molecule has 1 heterocycles. The van der Waals surface area contributed by atoms with Gasteiger partial charge in [0.15, 0.2) is 0 Å². The van der Waals surface area contributed by atoms with E-state index in [1.807, 2.05) is 0 Å². The zero-order chi connectivity index (χ0) is 17.7. The number of aliphatic carboxylic acids is 1. The molecule has 0 aliphatic carbocycles. The third-order valence-electron chi connectivity index (χ3n) is 3.77. The van der Waals surface area contributed by atoms with Crippen LogP contribution in [0.3, 0.4) is 0 Å². The Hall–Kier alpha value is -1.73. The van der Waals surface area contributed by atoms with Crippen molar-refractivity contribution in [3.8, 4) is 0 Å². The molecule has 3 atom stereocenters. The van der Waals surface area contributed by atoms with Crippen LogP contribution in [-0.4, -0.2) is 35.4 Å². The summed E-state index contributed by atoms with van der Waals surface area (Å²) in [6.07, 6.45) is 0.844. The molecule has 1 fully saturated rings. The first-order chi connectivity index (χ1) is 11.3. The average molecular weight is 354 g/mol. The summed E-state index contributed by atoms with van der Waals surface area (Å²) in [4.78, 5) is 36.4. The van der Waals surface area contributed by atoms with E-state index in [1.165, 1.54) is 6.92 Å². The second kappa shape index (κ2) is 7.90. The van der Waals surface area contributed by atoms with Crippen LogP contribution in [0.2, 0.25) is 0 Å². The van der Waals surface area contributed by atoms with E-state index in [1.54, 1.807) is 30.3 Å². The third kappa shape index (κ3) is 4.88. The van der Waals surface area contributed by atoms with Crippen LogP contribution in [0.4, 0.5) is 0 Å². The summed E-state index contributed by atoms with van der Waals surface area (Å²) < 4.78 is 16.8. The molecule has 132 valence electrons. The predicted octanol–water partition coefficient (Wildman–Crippen LogP) is -0.609. The van der Waals surface area contributed by atoms with Crippen molar-refractivity contribution in [2.75, 3.05) is 6.54 Å². The predicted molar refractivity (Wildman–Crippen MR) is 81.2 cm³/mol. The fourth-order valence-corrected chi connectivity index (χ4v) is 3.57. The fraction of sp³-hybridized carbons (Fsp3) is 0.467. The number of carbonyl (C=O) groups excluding carboxylic acids is 2. The van der Waals surface area contributed by atoms with Crippen LogP contribution < -0.4 is 15.1 Å². The van der Waals surface area contributed by atoms with Gasteiger partial charge in [0.05, 0.1) is 24.7 Å². The molecule has 2 rings (SSSR count). The van der Waals surface area contributed by atoms with Gasteiger partial charge >= 0.3 is 0 Å². The van der Waals surface area contributed by atoms with Crippen LogP contribution in [0.1, 0.15) is 25.3 Å². The van der Waals surface area contributed by atoms with E-state index in [9.17, 15) is 24.2 Å². The SMILES string of the molecule is C[C@H](NP(=O)([O-])OCc1ccccc1)C(=O)N1CCC[C@H]1C(=O)[O-]. The van der Waals surface area contributed by atoms with E-state index in [0.717, 1.165) is 4.90 Å². The Morgan fingerprint density at radius 3 is 2.71 bits per heavy atom. The first kappa shape index (κ1) is 18.6. The van der Waals surface area contributed by atoms with E-state index in [-0.39, 0.29) is 13.2 Å². The van der Waals surface area contributed by atoms with E-state index in [4.69, 9.17) is 4.52 Å². The highest BCUT2D eigenvalue weighted by molar-refractivity contribution is 7.49. The highest BCUT2D eigenvalue weighted by Gasteiger charge is 2.33. The van der Waals surface area contributed by atoms with Crippen molar-refractivity contribution in [2.24, 2.45) is 0 Å². The zero-order valence-corrected chi connectivity index (χ0v) is 14.1. The Kier molecular flexibility index (Phi) is 6.12. The summed E-state index contributed by atoms with van der Waals surface area (Å²) >= 11 is 0. The minimum atomic E-state index is -4.46. The van der Waals surface area contributed by atoms with E-state index in [0.29, 0.717) is 18.4 Å². The maximum absolute atomic E-state index is 12.3. The summed E-state index contributed by atoms with van der Waals surface area (Å²) in [5.74, 6) is -1.94. The zero-order valence-electron chi connectivity index (χ0n) is 13.2. The molecule has 1 amide bonds. The second-order valence-corrected chi connectivity index (χ2v) is 7.13. The van der Waals surface area contributed by atoms with Crippen LogP contribution in [0, 0.1) is 0 Å². The maximum atomic E-state index is 12.3. The van der Waals surface area contributed by atoms with Crippen molar-refractivity contribution >= 4 is 19.6 Å². The van der Waals surface area contributed by atoms with Crippen molar-refractivity contribution in [3.63, 3.8) is 0 Å². The molecule has 0 bridgehead atoms. The Balaban J connectivity index is 1.92. The molecule has 24 heavy (non-hydrogen) atoms. The van der Waals surface area contributed by atoms with Gasteiger partial charge in [-0.3, -0.25) is 9.36 Å². The van der Waals surface area contributed by atoms with Gasteiger partial charge in [0.1, 0.15) is 0 Å². The smallest absolute Gasteiger partial charge is 0.240 e. The van der Waals surface area contributed by atoms with Gasteiger partial charge in [-0.25, -0.2) is 5.09 Å². The number of benzene rings is 1. The van der Waals surface area contributed by atoms with Crippen LogP contribution >= 0.6 is 7.75 Å². The number of carboxylic acid groups (broad SMARTS) is 1. The quantitative estimate of drug-likeness (QED) is 0.648. The topological polar surface area (TPSA) is 122 Å². The van der Waals surface area contributed by atoms with Crippen molar-refractivity contribution in [3.05, 3.63) is 35.9 Å². The van der Waals surface area contributed by atoms with Crippen LogP contribution in [0.5, 0.6) is 0 Å². The second-order valence-electron chi connectivity index (χ2n) is 5.62. The monoisotopic (exact) mass is 354 g/mol. The van der Waals surface area contributed by atoms with Gasteiger partial charge in [-0.2, -0.15) is 0 Å². The first-order valence-electron chi connectivity index (χ1n) is 7.59. The Morgan fingerprint density at radius 1 is 1.42 bits per heavy atom. The van der Waals surface area contributed by atoms with Gasteiger partial charge in [-0.15, -0.1) is 0 Å². The lowest BCUT2D eigenvalue weighted by Crippen LogP contribution is -2.52. The molecular weight excluding hydrogens is 335 g/mol. The lowest BCUT2D eigenvalue weighted by molar-refractivity contribution is -0.310. The standard InChI is InChI=1S/C15H21N2O6P/c1-11(14(18)17-9-5-8-13(17)15(19)20)16-24(21,22)23-10-12-6-3-2-4-7-12/h2-4,6-7,11,13H,5,8-10H2,1H3,(H,19,20)(H2,16,21,22)/p-2/t11-,13-/m0/s1. The molecule has 9 heteroatoms. The molecule has 1 saturated heterocycles. The van der Waals surface area contributed by atoms with Gasteiger partial charge in [0, 0.05) is 6.54 Å². The maximum Gasteiger partial charge on any atom is 0.240 e. The summed E-state index contributed by atoms with van der Waals surface area (Å²) in [6, 6.07) is 6.58. The van der Waals surface area contributed by atoms with Crippen molar-refractivity contribution in [1.29, 1.82) is 0 Å². The number of likely N-dealkylation sites (tertiary alicyclic amines) is 1. The van der Waals surface area contributed by atoms with E-state index in [2.05, 4.69) is 5.09 Å². The number of nitrogens with zero attached hydrogens (tertiary/aromatic N) is 1. The number of hydrogen-bond acceptors (Lipinski definition) is 6. The molecule has 1 aromatic rings. The van der Waals surface area contributed by atoms with Crippen molar-refractivity contribution in [1.82, 2.24) is 9.99 Å². The Bertz CT molecular complexity index is 638. The molecule has 1 aliphatic heterocycles. The number of carboxylic acids is 1. The number of rotatable bonds is 7. The lowest BCUT2D eigenvalue weighted by atomic mass is 10.2. The highest BCUT2D eigenvalue weighted by atomic mass is 31.2. The van der Waals surface area contributed by atoms with Gasteiger partial charge in [-0.1, -0.05) is 30.3 Å². The molecule has 0 saturated carbocycles. The van der Waals surface area contributed by atoms with Crippen LogP contribution in [-0.2, 0) is 25.3 Å². The minimum Gasteiger partial charge on any atom is -0.766 e. The molecule has 0 aromatic heterocycles. The highest BCUT2D eigenvalue weighted by Crippen LogP contribution is 2.34. The minimum absolute atomic E-state index is 0.152. The Morgan fingerprint density at radius 2 is 2.08 bits per heavy atom. The largest absolute Gasteiger partial charge is 0.766 e. The summed E-state index contributed by atoms with van der Waals surface area (Å²) in [6.45, 7) is 1.46. The summed E-state index contributed by atoms with van der Waals surface area (Å²) in [5.41, 5.74) is 0.672. The van der Waals surface area contributed by atoms with Gasteiger partial charge in [-0.05, 0) is 25.3 Å². The summed E-state index contributed by atoms with van der Waals surface area (Å²) in [5, 5.41) is 13.2. The molecule has 8 nitrogen and oxygen atoms in total. The molecule has 0 radical (unpaired) electrons. The van der Waals surface area contributed by atoms with Gasteiger partial charge < -0.3 is 24.2 Å². The van der Waals surface area contributed by atoms with Gasteiger partial charge in [0.2, 0.25) is 13.7 Å². The number of amides is 1. The number of carbonyl (C=O) groups is 2. The fourth-order valence-electron chi connectivity index (χ4n) is 2.59. The lowest BCUT2D eigenvalue weighted by Gasteiger charge is -2.32. The van der Waals surface area contributed by atoms with Crippen LogP contribution in [0.15, 0.2) is 30.3 Å². The third-order valence-corrected chi connectivity index (χ3v) is 4.95. The Labute approximate surface area is 140 Å². The van der Waals surface area contributed by atoms with Crippen LogP contribution in [0.25, 0.3) is 0 Å². The molecule has 0 spiro atoms. The molecule has 1 unspecified atom stereocenters. The van der Waals surface area contributed by atoms with Gasteiger partial charge in [0.25, 0.3) is 0 Å². The molecule has 1 aliphatic rings. The van der Waals surface area contributed by atoms with E-state index >= 15 is 0 Å². The summed E-state index contributed by atoms with van der Waals surface area (Å²) in [7, 11) is -4.46. The molecule has 1 N–H and O–H groups in total. The molecule has 1 aromatic carbocycles. The molecular formula is C15H19N2O6P-2. The number of nitrogens with one attached hydrogen (secondary N) is 1.